The Kier molecular flexibility index (Phi) is 15.9. The molecule has 3 atom stereocenters. The second-order valence-corrected chi connectivity index (χ2v) is 13.1. The Labute approximate surface area is 268 Å². The molecular formula is C35H56N2O8. The van der Waals surface area contributed by atoms with Crippen molar-refractivity contribution in [2.75, 3.05) is 39.3 Å². The molecule has 0 aliphatic carbocycles. The minimum atomic E-state index is -1.05. The van der Waals surface area contributed by atoms with E-state index in [-0.39, 0.29) is 24.1 Å². The van der Waals surface area contributed by atoms with E-state index in [9.17, 15) is 19.5 Å². The number of aliphatic hydroxyl groups is 1. The number of anilines is 1. The molecule has 0 bridgehead atoms. The first-order valence-electron chi connectivity index (χ1n) is 16.3. The van der Waals surface area contributed by atoms with E-state index in [2.05, 4.69) is 31.4 Å². The number of nitrogens with one attached hydrogen (secondary N) is 2. The highest BCUT2D eigenvalue weighted by Crippen LogP contribution is 2.31. The average molecular weight is 633 g/mol. The molecule has 0 aliphatic heterocycles. The van der Waals surface area contributed by atoms with Crippen molar-refractivity contribution in [2.24, 2.45) is 11.8 Å². The third-order valence-electron chi connectivity index (χ3n) is 7.92. The lowest BCUT2D eigenvalue weighted by molar-refractivity contribution is 0.0404. The standard InChI is InChI=1S/C35H56N2O8/c1-9-10-11-12-14-26-31(33(40)32(26)39)36-22-28(38)27(37-34(41)45-35(4,5)6)21-25(23(2)3)19-24-15-16-29(43-8)30(20-24)44-18-13-17-42-7/h15-16,20,23,25,27-28,36,38H,9-14,17-19,21-22H2,1-8H3,(H,37,41)/t25-,27-,28-/m0/s1. The minimum absolute atomic E-state index is 0.0000906. The number of methoxy groups -OCH3 is 2. The first-order valence-corrected chi connectivity index (χ1v) is 16.3. The van der Waals surface area contributed by atoms with Gasteiger partial charge >= 0.3 is 6.09 Å². The van der Waals surface area contributed by atoms with Gasteiger partial charge in [0.25, 0.3) is 0 Å². The number of aliphatic hydroxyl groups excluding tert-OH is 1. The number of benzene rings is 1. The Morgan fingerprint density at radius 2 is 1.71 bits per heavy atom. The van der Waals surface area contributed by atoms with Crippen molar-refractivity contribution in [1.29, 1.82) is 0 Å². The van der Waals surface area contributed by atoms with Gasteiger partial charge < -0.3 is 34.7 Å². The van der Waals surface area contributed by atoms with Gasteiger partial charge in [-0.25, -0.2) is 4.79 Å². The molecule has 2 aromatic rings. The topological polar surface area (TPSA) is 132 Å². The largest absolute Gasteiger partial charge is 0.493 e. The van der Waals surface area contributed by atoms with Gasteiger partial charge in [0.2, 0.25) is 10.9 Å². The highest BCUT2D eigenvalue weighted by molar-refractivity contribution is 5.68. The van der Waals surface area contributed by atoms with Crippen LogP contribution in [0.1, 0.15) is 91.2 Å². The predicted molar refractivity (Wildman–Crippen MR) is 178 cm³/mol. The summed E-state index contributed by atoms with van der Waals surface area (Å²) in [4.78, 5) is 37.4. The van der Waals surface area contributed by atoms with Gasteiger partial charge in [-0.15, -0.1) is 0 Å². The van der Waals surface area contributed by atoms with Crippen molar-refractivity contribution in [3.8, 4) is 11.5 Å². The zero-order valence-electron chi connectivity index (χ0n) is 28.6. The van der Waals surface area contributed by atoms with Crippen LogP contribution in [-0.4, -0.2) is 62.9 Å². The quantitative estimate of drug-likeness (QED) is 0.122. The number of alkyl carbamates (subject to hydrolysis) is 1. The molecule has 0 saturated carbocycles. The summed E-state index contributed by atoms with van der Waals surface area (Å²) in [6.07, 6.45) is 4.71. The van der Waals surface area contributed by atoms with Crippen molar-refractivity contribution in [1.82, 2.24) is 5.32 Å². The van der Waals surface area contributed by atoms with Crippen LogP contribution in [0.15, 0.2) is 27.8 Å². The van der Waals surface area contributed by atoms with Gasteiger partial charge in [0.1, 0.15) is 5.60 Å². The third kappa shape index (κ3) is 12.7. The summed E-state index contributed by atoms with van der Waals surface area (Å²) >= 11 is 0. The second kappa shape index (κ2) is 18.8. The molecule has 0 aromatic heterocycles. The van der Waals surface area contributed by atoms with Crippen LogP contribution in [0, 0.1) is 11.8 Å². The molecule has 254 valence electrons. The first-order chi connectivity index (χ1) is 21.3. The van der Waals surface area contributed by atoms with Crippen LogP contribution in [0.25, 0.3) is 0 Å². The van der Waals surface area contributed by atoms with Gasteiger partial charge in [-0.3, -0.25) is 9.59 Å². The van der Waals surface area contributed by atoms with Crippen molar-refractivity contribution < 1.29 is 28.8 Å². The summed E-state index contributed by atoms with van der Waals surface area (Å²) in [7, 11) is 3.26. The summed E-state index contributed by atoms with van der Waals surface area (Å²) in [6.45, 7) is 12.8. The molecule has 2 aromatic carbocycles. The fraction of sp³-hybridized carbons (Fsp3) is 0.686. The van der Waals surface area contributed by atoms with E-state index in [1.165, 1.54) is 0 Å². The molecule has 0 heterocycles. The summed E-state index contributed by atoms with van der Waals surface area (Å²) < 4.78 is 22.1. The highest BCUT2D eigenvalue weighted by Gasteiger charge is 2.30. The maximum absolute atomic E-state index is 12.9. The number of carbonyl (C=O) groups excluding carboxylic acids is 1. The summed E-state index contributed by atoms with van der Waals surface area (Å²) in [6, 6.07) is 5.18. The van der Waals surface area contributed by atoms with Gasteiger partial charge in [0.15, 0.2) is 11.5 Å². The molecule has 0 spiro atoms. The van der Waals surface area contributed by atoms with Crippen LogP contribution < -0.4 is 31.0 Å². The van der Waals surface area contributed by atoms with E-state index in [4.69, 9.17) is 18.9 Å². The van der Waals surface area contributed by atoms with Gasteiger partial charge in [-0.1, -0.05) is 46.1 Å². The lowest BCUT2D eigenvalue weighted by Gasteiger charge is -2.31. The molecule has 10 heteroatoms. The molecule has 1 amide bonds. The van der Waals surface area contributed by atoms with E-state index in [0.29, 0.717) is 49.5 Å². The molecular weight excluding hydrogens is 576 g/mol. The van der Waals surface area contributed by atoms with Crippen LogP contribution >= 0.6 is 0 Å². The van der Waals surface area contributed by atoms with Gasteiger partial charge in [-0.2, -0.15) is 0 Å². The number of rotatable bonds is 21. The number of unbranched alkanes of at least 4 members (excludes halogenated alkanes) is 3. The third-order valence-corrected chi connectivity index (χ3v) is 7.92. The molecule has 45 heavy (non-hydrogen) atoms. The Balaban J connectivity index is 2.21. The second-order valence-electron chi connectivity index (χ2n) is 13.1. The van der Waals surface area contributed by atoms with Crippen LogP contribution in [-0.2, 0) is 22.3 Å². The molecule has 2 rings (SSSR count). The number of carbonyl (C=O) groups is 1. The lowest BCUT2D eigenvalue weighted by Crippen LogP contribution is -2.50. The van der Waals surface area contributed by atoms with Gasteiger partial charge in [-0.05, 0) is 76.0 Å². The zero-order chi connectivity index (χ0) is 33.6. The summed E-state index contributed by atoms with van der Waals surface area (Å²) in [5, 5.41) is 17.3. The summed E-state index contributed by atoms with van der Waals surface area (Å²) in [5.41, 5.74) is 0.102. The fourth-order valence-electron chi connectivity index (χ4n) is 5.28. The van der Waals surface area contributed by atoms with E-state index in [1.807, 2.05) is 18.2 Å². The van der Waals surface area contributed by atoms with Crippen LogP contribution in [0.3, 0.4) is 0 Å². The van der Waals surface area contributed by atoms with Crippen LogP contribution in [0.2, 0.25) is 0 Å². The fourth-order valence-corrected chi connectivity index (χ4v) is 5.28. The Morgan fingerprint density at radius 1 is 0.978 bits per heavy atom. The smallest absolute Gasteiger partial charge is 0.407 e. The first kappa shape index (κ1) is 38.1. The number of hydrogen-bond donors (Lipinski definition) is 3. The van der Waals surface area contributed by atoms with Crippen molar-refractivity contribution in [3.63, 3.8) is 0 Å². The minimum Gasteiger partial charge on any atom is -0.493 e. The molecule has 0 unspecified atom stereocenters. The van der Waals surface area contributed by atoms with Crippen molar-refractivity contribution in [2.45, 2.75) is 111 Å². The Morgan fingerprint density at radius 3 is 2.33 bits per heavy atom. The highest BCUT2D eigenvalue weighted by atomic mass is 16.6. The lowest BCUT2D eigenvalue weighted by atomic mass is 9.83. The average Bonchev–Trinajstić information content (AvgIpc) is 2.98. The number of ether oxygens (including phenoxy) is 4. The van der Waals surface area contributed by atoms with Gasteiger partial charge in [0, 0.05) is 32.2 Å². The molecule has 10 nitrogen and oxygen atoms in total. The van der Waals surface area contributed by atoms with Crippen molar-refractivity contribution >= 4 is 11.8 Å². The predicted octanol–water partition coefficient (Wildman–Crippen LogP) is 5.40. The maximum Gasteiger partial charge on any atom is 0.407 e. The van der Waals surface area contributed by atoms with E-state index in [1.54, 1.807) is 35.0 Å². The zero-order valence-corrected chi connectivity index (χ0v) is 28.6. The van der Waals surface area contributed by atoms with Crippen LogP contribution in [0.4, 0.5) is 10.5 Å². The molecule has 0 aliphatic rings. The van der Waals surface area contributed by atoms with E-state index in [0.717, 1.165) is 37.7 Å². The summed E-state index contributed by atoms with van der Waals surface area (Å²) in [5.74, 6) is 1.57. The SMILES string of the molecule is CCCCCCc1c(NC[C@H](O)[C@H](C[C@H](Cc2ccc(OC)c(OCCCOC)c2)C(C)C)NC(=O)OC(C)(C)C)c(=O)c1=O. The Bertz CT molecular complexity index is 1250. The number of hydrogen-bond acceptors (Lipinski definition) is 9. The van der Waals surface area contributed by atoms with Crippen molar-refractivity contribution in [3.05, 3.63) is 49.8 Å². The van der Waals surface area contributed by atoms with Gasteiger partial charge in [0.05, 0.1) is 31.5 Å². The molecule has 0 saturated heterocycles. The van der Waals surface area contributed by atoms with E-state index >= 15 is 0 Å². The molecule has 3 N–H and O–H groups in total. The Hall–Kier alpha value is -3.11. The normalized spacial score (nSPS) is 13.8. The maximum atomic E-state index is 12.9. The molecule has 0 fully saturated rings. The van der Waals surface area contributed by atoms with E-state index < -0.39 is 34.7 Å². The number of amides is 1. The monoisotopic (exact) mass is 632 g/mol. The molecule has 0 radical (unpaired) electrons. The van der Waals surface area contributed by atoms with Crippen LogP contribution in [0.5, 0.6) is 11.5 Å².